The maximum absolute atomic E-state index is 13.1. The van der Waals surface area contributed by atoms with Crippen molar-refractivity contribution in [3.05, 3.63) is 64.2 Å². The zero-order chi connectivity index (χ0) is 19.1. The first-order valence-electron chi connectivity index (χ1n) is 7.90. The largest absolute Gasteiger partial charge is 0.418 e. The standard InChI is InChI=1S/C18H16F3N3O2/c1-3-24-9-8-14-11(17(24)26)10-15(23(14)2)16(25)22-13-7-5-4-6-12(13)18(19,20)21/h4-10H,3H2,1-2H3,(H,22,25). The van der Waals surface area contributed by atoms with E-state index in [0.717, 1.165) is 6.07 Å². The highest BCUT2D eigenvalue weighted by Gasteiger charge is 2.33. The minimum Gasteiger partial charge on any atom is -0.339 e. The fourth-order valence-corrected chi connectivity index (χ4v) is 2.87. The Kier molecular flexibility index (Phi) is 4.35. The van der Waals surface area contributed by atoms with Crippen molar-refractivity contribution in [2.75, 3.05) is 5.32 Å². The highest BCUT2D eigenvalue weighted by molar-refractivity contribution is 6.06. The lowest BCUT2D eigenvalue weighted by Crippen LogP contribution is -2.18. The minimum atomic E-state index is -4.59. The summed E-state index contributed by atoms with van der Waals surface area (Å²) in [6.07, 6.45) is -2.97. The average Bonchev–Trinajstić information content (AvgIpc) is 2.93. The van der Waals surface area contributed by atoms with Crippen molar-refractivity contribution in [1.29, 1.82) is 0 Å². The minimum absolute atomic E-state index is 0.0999. The maximum Gasteiger partial charge on any atom is 0.418 e. The van der Waals surface area contributed by atoms with Crippen molar-refractivity contribution >= 4 is 22.5 Å². The van der Waals surface area contributed by atoms with Crippen LogP contribution in [0.5, 0.6) is 0 Å². The van der Waals surface area contributed by atoms with Gasteiger partial charge in [-0.3, -0.25) is 9.59 Å². The number of benzene rings is 1. The molecule has 0 atom stereocenters. The van der Waals surface area contributed by atoms with Crippen molar-refractivity contribution in [3.8, 4) is 0 Å². The van der Waals surface area contributed by atoms with Crippen LogP contribution in [0.25, 0.3) is 10.9 Å². The topological polar surface area (TPSA) is 56.0 Å². The van der Waals surface area contributed by atoms with Gasteiger partial charge in [0.1, 0.15) is 5.69 Å². The SMILES string of the molecule is CCn1ccc2c(cc(C(=O)Nc3ccccc3C(F)(F)F)n2C)c1=O. The van der Waals surface area contributed by atoms with Gasteiger partial charge in [0.05, 0.1) is 22.2 Å². The van der Waals surface area contributed by atoms with E-state index in [1.807, 2.05) is 6.92 Å². The van der Waals surface area contributed by atoms with Crippen LogP contribution in [0.3, 0.4) is 0 Å². The summed E-state index contributed by atoms with van der Waals surface area (Å²) in [5.41, 5.74) is -0.881. The van der Waals surface area contributed by atoms with E-state index in [2.05, 4.69) is 5.32 Å². The van der Waals surface area contributed by atoms with Gasteiger partial charge in [-0.2, -0.15) is 13.2 Å². The van der Waals surface area contributed by atoms with E-state index in [1.54, 1.807) is 19.3 Å². The predicted molar refractivity (Wildman–Crippen MR) is 92.3 cm³/mol. The van der Waals surface area contributed by atoms with Gasteiger partial charge in [0, 0.05) is 19.8 Å². The number of aromatic nitrogens is 2. The lowest BCUT2D eigenvalue weighted by atomic mass is 10.1. The Hall–Kier alpha value is -3.03. The van der Waals surface area contributed by atoms with E-state index in [1.165, 1.54) is 33.4 Å². The van der Waals surface area contributed by atoms with E-state index >= 15 is 0 Å². The third kappa shape index (κ3) is 2.98. The second-order valence-electron chi connectivity index (χ2n) is 5.79. The molecule has 0 saturated heterocycles. The van der Waals surface area contributed by atoms with Crippen LogP contribution in [0.2, 0.25) is 0 Å². The fourth-order valence-electron chi connectivity index (χ4n) is 2.87. The van der Waals surface area contributed by atoms with Crippen LogP contribution in [-0.4, -0.2) is 15.0 Å². The van der Waals surface area contributed by atoms with Gasteiger partial charge in [-0.15, -0.1) is 0 Å². The highest BCUT2D eigenvalue weighted by Crippen LogP contribution is 2.34. The number of rotatable bonds is 3. The van der Waals surface area contributed by atoms with E-state index in [4.69, 9.17) is 0 Å². The van der Waals surface area contributed by atoms with Crippen molar-refractivity contribution in [1.82, 2.24) is 9.13 Å². The summed E-state index contributed by atoms with van der Waals surface area (Å²) < 4.78 is 42.2. The van der Waals surface area contributed by atoms with Gasteiger partial charge in [-0.05, 0) is 31.2 Å². The van der Waals surface area contributed by atoms with Crippen molar-refractivity contribution in [2.24, 2.45) is 7.05 Å². The van der Waals surface area contributed by atoms with E-state index < -0.39 is 17.6 Å². The molecule has 0 aliphatic heterocycles. The number of amides is 1. The van der Waals surface area contributed by atoms with Gasteiger partial charge >= 0.3 is 6.18 Å². The third-order valence-electron chi connectivity index (χ3n) is 4.24. The van der Waals surface area contributed by atoms with Gasteiger partial charge in [0.2, 0.25) is 0 Å². The van der Waals surface area contributed by atoms with E-state index in [0.29, 0.717) is 17.4 Å². The van der Waals surface area contributed by atoms with Gasteiger partial charge in [-0.25, -0.2) is 0 Å². The van der Waals surface area contributed by atoms with Gasteiger partial charge in [0.25, 0.3) is 11.5 Å². The second-order valence-corrected chi connectivity index (χ2v) is 5.79. The van der Waals surface area contributed by atoms with Crippen LogP contribution in [0, 0.1) is 0 Å². The second kappa shape index (κ2) is 6.36. The lowest BCUT2D eigenvalue weighted by molar-refractivity contribution is -0.136. The summed E-state index contributed by atoms with van der Waals surface area (Å²) in [5, 5.41) is 2.63. The first kappa shape index (κ1) is 17.8. The Balaban J connectivity index is 2.04. The molecule has 8 heteroatoms. The molecule has 0 spiro atoms. The number of pyridine rings is 1. The number of para-hydroxylation sites is 1. The van der Waals surface area contributed by atoms with E-state index in [-0.39, 0.29) is 16.9 Å². The molecule has 136 valence electrons. The number of fused-ring (bicyclic) bond motifs is 1. The smallest absolute Gasteiger partial charge is 0.339 e. The number of aryl methyl sites for hydroxylation is 2. The molecule has 0 unspecified atom stereocenters. The molecule has 2 heterocycles. The first-order valence-corrected chi connectivity index (χ1v) is 7.90. The van der Waals surface area contributed by atoms with Crippen LogP contribution in [0.1, 0.15) is 23.0 Å². The number of alkyl halides is 3. The normalized spacial score (nSPS) is 11.7. The van der Waals surface area contributed by atoms with Gasteiger partial charge in [-0.1, -0.05) is 12.1 Å². The molecule has 0 aliphatic rings. The quantitative estimate of drug-likeness (QED) is 0.773. The summed E-state index contributed by atoms with van der Waals surface area (Å²) in [6.45, 7) is 2.29. The summed E-state index contributed by atoms with van der Waals surface area (Å²) in [5.74, 6) is -0.720. The number of carbonyl (C=O) groups excluding carboxylic acids is 1. The Labute approximate surface area is 146 Å². The summed E-state index contributed by atoms with van der Waals surface area (Å²) in [7, 11) is 1.59. The molecule has 2 aromatic heterocycles. The number of anilines is 1. The zero-order valence-electron chi connectivity index (χ0n) is 14.1. The molecular weight excluding hydrogens is 347 g/mol. The fraction of sp³-hybridized carbons (Fsp3) is 0.222. The Morgan fingerprint density at radius 3 is 2.54 bits per heavy atom. The molecule has 0 aliphatic carbocycles. The molecule has 26 heavy (non-hydrogen) atoms. The molecule has 0 saturated carbocycles. The van der Waals surface area contributed by atoms with Crippen LogP contribution >= 0.6 is 0 Å². The maximum atomic E-state index is 13.1. The number of hydrogen-bond acceptors (Lipinski definition) is 2. The third-order valence-corrected chi connectivity index (χ3v) is 4.24. The molecular formula is C18H16F3N3O2. The number of hydrogen-bond donors (Lipinski definition) is 1. The monoisotopic (exact) mass is 363 g/mol. The number of nitrogens with one attached hydrogen (secondary N) is 1. The van der Waals surface area contributed by atoms with Gasteiger partial charge < -0.3 is 14.5 Å². The van der Waals surface area contributed by atoms with Crippen LogP contribution in [0.15, 0.2) is 47.4 Å². The summed E-state index contributed by atoms with van der Waals surface area (Å²) >= 11 is 0. The summed E-state index contributed by atoms with van der Waals surface area (Å²) in [6, 6.07) is 7.84. The van der Waals surface area contributed by atoms with E-state index in [9.17, 15) is 22.8 Å². The molecule has 1 amide bonds. The molecule has 1 aromatic carbocycles. The molecule has 0 fully saturated rings. The van der Waals surface area contributed by atoms with Gasteiger partial charge in [0.15, 0.2) is 0 Å². The molecule has 0 bridgehead atoms. The Morgan fingerprint density at radius 2 is 1.88 bits per heavy atom. The van der Waals surface area contributed by atoms with Crippen molar-refractivity contribution < 1.29 is 18.0 Å². The van der Waals surface area contributed by atoms with Crippen molar-refractivity contribution in [2.45, 2.75) is 19.6 Å². The molecule has 5 nitrogen and oxygen atoms in total. The number of nitrogens with zero attached hydrogens (tertiary/aromatic N) is 2. The Bertz CT molecular complexity index is 1050. The molecule has 3 rings (SSSR count). The van der Waals surface area contributed by atoms with Crippen LogP contribution < -0.4 is 10.9 Å². The first-order chi connectivity index (χ1) is 12.2. The van der Waals surface area contributed by atoms with Crippen LogP contribution in [0.4, 0.5) is 18.9 Å². The predicted octanol–water partition coefficient (Wildman–Crippen LogP) is 3.63. The molecule has 0 radical (unpaired) electrons. The van der Waals surface area contributed by atoms with Crippen molar-refractivity contribution in [3.63, 3.8) is 0 Å². The molecule has 1 N–H and O–H groups in total. The highest BCUT2D eigenvalue weighted by atomic mass is 19.4. The summed E-state index contributed by atoms with van der Waals surface area (Å²) in [4.78, 5) is 24.9. The molecule has 3 aromatic rings. The zero-order valence-corrected chi connectivity index (χ0v) is 14.1. The van der Waals surface area contributed by atoms with Crippen LogP contribution in [-0.2, 0) is 19.8 Å². The Morgan fingerprint density at radius 1 is 1.19 bits per heavy atom. The lowest BCUT2D eigenvalue weighted by Gasteiger charge is -2.13. The average molecular weight is 363 g/mol. The number of halogens is 3. The number of carbonyl (C=O) groups is 1.